The first-order chi connectivity index (χ1) is 13.3. The van der Waals surface area contributed by atoms with Crippen molar-refractivity contribution < 1.29 is 17.6 Å². The first-order valence-corrected chi connectivity index (χ1v) is 9.86. The molecule has 0 unspecified atom stereocenters. The average molecular weight is 420 g/mol. The summed E-state index contributed by atoms with van der Waals surface area (Å²) in [7, 11) is -2.48. The summed E-state index contributed by atoms with van der Waals surface area (Å²) in [5.74, 6) is -0.945. The number of benzene rings is 2. The highest BCUT2D eigenvalue weighted by Gasteiger charge is 2.22. The second kappa shape index (κ2) is 7.95. The Hall–Kier alpha value is -2.97. The minimum absolute atomic E-state index is 0.0512. The third kappa shape index (κ3) is 4.29. The van der Waals surface area contributed by atoms with E-state index >= 15 is 0 Å². The third-order valence-electron chi connectivity index (χ3n) is 3.91. The SMILES string of the molecule is CN(c1ccc(Cl)cc1)S(=O)(=O)c1cccc(C(=O)Nc2ccc(F)cn2)c1. The molecule has 0 bridgehead atoms. The normalized spacial score (nSPS) is 11.1. The summed E-state index contributed by atoms with van der Waals surface area (Å²) in [6.07, 6.45) is 0.970. The molecule has 9 heteroatoms. The average Bonchev–Trinajstić information content (AvgIpc) is 2.70. The van der Waals surface area contributed by atoms with Gasteiger partial charge >= 0.3 is 0 Å². The van der Waals surface area contributed by atoms with Crippen molar-refractivity contribution in [3.8, 4) is 0 Å². The van der Waals surface area contributed by atoms with E-state index < -0.39 is 21.7 Å². The zero-order valence-corrected chi connectivity index (χ0v) is 16.2. The van der Waals surface area contributed by atoms with Gasteiger partial charge in [-0.1, -0.05) is 17.7 Å². The largest absolute Gasteiger partial charge is 0.307 e. The number of halogens is 2. The molecule has 0 aliphatic heterocycles. The van der Waals surface area contributed by atoms with Crippen LogP contribution in [-0.2, 0) is 10.0 Å². The second-order valence-corrected chi connectivity index (χ2v) is 8.20. The van der Waals surface area contributed by atoms with Crippen molar-refractivity contribution in [1.82, 2.24) is 4.98 Å². The van der Waals surface area contributed by atoms with E-state index in [0.717, 1.165) is 16.6 Å². The smallest absolute Gasteiger partial charge is 0.264 e. The van der Waals surface area contributed by atoms with Crippen LogP contribution in [0.25, 0.3) is 0 Å². The molecule has 1 amide bonds. The Morgan fingerprint density at radius 3 is 2.46 bits per heavy atom. The molecule has 0 spiro atoms. The number of sulfonamides is 1. The Bertz CT molecular complexity index is 1100. The van der Waals surface area contributed by atoms with Crippen LogP contribution in [0.5, 0.6) is 0 Å². The number of amides is 1. The van der Waals surface area contributed by atoms with Crippen molar-refractivity contribution in [1.29, 1.82) is 0 Å². The molecule has 28 heavy (non-hydrogen) atoms. The maximum atomic E-state index is 12.9. The van der Waals surface area contributed by atoms with Gasteiger partial charge in [0.05, 0.1) is 16.8 Å². The number of hydrogen-bond donors (Lipinski definition) is 1. The van der Waals surface area contributed by atoms with Gasteiger partial charge in [-0.3, -0.25) is 9.10 Å². The van der Waals surface area contributed by atoms with E-state index in [4.69, 9.17) is 11.6 Å². The van der Waals surface area contributed by atoms with Gasteiger partial charge in [-0.2, -0.15) is 0 Å². The highest BCUT2D eigenvalue weighted by molar-refractivity contribution is 7.92. The number of nitrogens with zero attached hydrogens (tertiary/aromatic N) is 2. The molecule has 0 atom stereocenters. The molecule has 1 aromatic heterocycles. The van der Waals surface area contributed by atoms with Gasteiger partial charge in [0, 0.05) is 17.6 Å². The van der Waals surface area contributed by atoms with Crippen molar-refractivity contribution in [2.24, 2.45) is 0 Å². The molecule has 0 saturated carbocycles. The van der Waals surface area contributed by atoms with E-state index in [1.807, 2.05) is 0 Å². The van der Waals surface area contributed by atoms with Gasteiger partial charge < -0.3 is 5.32 Å². The van der Waals surface area contributed by atoms with Crippen LogP contribution in [0.4, 0.5) is 15.9 Å². The summed E-state index contributed by atoms with van der Waals surface area (Å²) in [6, 6.07) is 14.4. The highest BCUT2D eigenvalue weighted by atomic mass is 35.5. The Balaban J connectivity index is 1.86. The molecule has 3 rings (SSSR count). The lowest BCUT2D eigenvalue weighted by Gasteiger charge is -2.20. The van der Waals surface area contributed by atoms with Gasteiger partial charge in [0.2, 0.25) is 0 Å². The lowest BCUT2D eigenvalue weighted by Crippen LogP contribution is -2.26. The fraction of sp³-hybridized carbons (Fsp3) is 0.0526. The molecule has 0 aliphatic rings. The van der Waals surface area contributed by atoms with Gasteiger partial charge in [-0.05, 0) is 54.6 Å². The summed E-state index contributed by atoms with van der Waals surface area (Å²) in [5.41, 5.74) is 0.548. The van der Waals surface area contributed by atoms with E-state index in [0.29, 0.717) is 10.7 Å². The van der Waals surface area contributed by atoms with Crippen LogP contribution < -0.4 is 9.62 Å². The molecule has 0 radical (unpaired) electrons. The predicted octanol–water partition coefficient (Wildman–Crippen LogP) is 3.95. The summed E-state index contributed by atoms with van der Waals surface area (Å²) < 4.78 is 39.8. The predicted molar refractivity (Wildman–Crippen MR) is 106 cm³/mol. The second-order valence-electron chi connectivity index (χ2n) is 5.79. The summed E-state index contributed by atoms with van der Waals surface area (Å²) in [4.78, 5) is 16.1. The van der Waals surface area contributed by atoms with E-state index in [2.05, 4.69) is 10.3 Å². The van der Waals surface area contributed by atoms with Crippen LogP contribution in [0.2, 0.25) is 5.02 Å². The van der Waals surface area contributed by atoms with E-state index in [1.54, 1.807) is 24.3 Å². The number of pyridine rings is 1. The van der Waals surface area contributed by atoms with Crippen LogP contribution in [0.1, 0.15) is 10.4 Å². The fourth-order valence-corrected chi connectivity index (χ4v) is 3.75. The lowest BCUT2D eigenvalue weighted by molar-refractivity contribution is 0.102. The molecular formula is C19H15ClFN3O3S. The monoisotopic (exact) mass is 419 g/mol. The van der Waals surface area contributed by atoms with Crippen molar-refractivity contribution in [2.75, 3.05) is 16.7 Å². The molecule has 1 N–H and O–H groups in total. The minimum Gasteiger partial charge on any atom is -0.307 e. The number of aromatic nitrogens is 1. The van der Waals surface area contributed by atoms with Crippen LogP contribution in [0, 0.1) is 5.82 Å². The Morgan fingerprint density at radius 1 is 1.11 bits per heavy atom. The van der Waals surface area contributed by atoms with Crippen molar-refractivity contribution in [2.45, 2.75) is 4.90 Å². The number of anilines is 2. The van der Waals surface area contributed by atoms with Gasteiger partial charge in [0.25, 0.3) is 15.9 Å². The molecule has 6 nitrogen and oxygen atoms in total. The zero-order chi connectivity index (χ0) is 20.3. The molecule has 1 heterocycles. The van der Waals surface area contributed by atoms with E-state index in [1.165, 1.54) is 37.4 Å². The first-order valence-electron chi connectivity index (χ1n) is 8.05. The maximum Gasteiger partial charge on any atom is 0.264 e. The van der Waals surface area contributed by atoms with E-state index in [9.17, 15) is 17.6 Å². The molecular weight excluding hydrogens is 405 g/mol. The van der Waals surface area contributed by atoms with Crippen LogP contribution in [-0.4, -0.2) is 26.4 Å². The third-order valence-corrected chi connectivity index (χ3v) is 5.95. The highest BCUT2D eigenvalue weighted by Crippen LogP contribution is 2.24. The maximum absolute atomic E-state index is 12.9. The quantitative estimate of drug-likeness (QED) is 0.679. The summed E-state index contributed by atoms with van der Waals surface area (Å²) >= 11 is 5.84. The van der Waals surface area contributed by atoms with Crippen LogP contribution >= 0.6 is 11.6 Å². The first kappa shape index (κ1) is 19.8. The van der Waals surface area contributed by atoms with E-state index in [-0.39, 0.29) is 16.3 Å². The summed E-state index contributed by atoms with van der Waals surface area (Å²) in [6.45, 7) is 0. The molecule has 2 aromatic carbocycles. The number of carbonyl (C=O) groups excluding carboxylic acids is 1. The van der Waals surface area contributed by atoms with Crippen molar-refractivity contribution in [3.05, 3.63) is 83.3 Å². The standard InChI is InChI=1S/C19H15ClFN3O3S/c1-24(16-8-5-14(20)6-9-16)28(26,27)17-4-2-3-13(11-17)19(25)23-18-10-7-15(21)12-22-18/h2-12H,1H3,(H,22,23,25). The number of hydrogen-bond acceptors (Lipinski definition) is 4. The van der Waals surface area contributed by atoms with Crippen LogP contribution in [0.3, 0.4) is 0 Å². The summed E-state index contributed by atoms with van der Waals surface area (Å²) in [5, 5.41) is 2.98. The van der Waals surface area contributed by atoms with Gasteiger partial charge in [0.15, 0.2) is 0 Å². The Morgan fingerprint density at radius 2 is 1.82 bits per heavy atom. The van der Waals surface area contributed by atoms with Gasteiger partial charge in [-0.25, -0.2) is 17.8 Å². The van der Waals surface area contributed by atoms with Gasteiger partial charge in [0.1, 0.15) is 11.6 Å². The molecule has 0 saturated heterocycles. The number of nitrogens with one attached hydrogen (secondary N) is 1. The fourth-order valence-electron chi connectivity index (χ4n) is 2.38. The molecule has 0 aliphatic carbocycles. The minimum atomic E-state index is -3.89. The topological polar surface area (TPSA) is 79.4 Å². The Labute approximate surface area is 166 Å². The van der Waals surface area contributed by atoms with Crippen molar-refractivity contribution >= 4 is 39.0 Å². The lowest BCUT2D eigenvalue weighted by atomic mass is 10.2. The Kier molecular flexibility index (Phi) is 5.62. The molecule has 144 valence electrons. The van der Waals surface area contributed by atoms with Crippen LogP contribution in [0.15, 0.2) is 71.8 Å². The zero-order valence-electron chi connectivity index (χ0n) is 14.6. The van der Waals surface area contributed by atoms with Gasteiger partial charge in [-0.15, -0.1) is 0 Å². The number of carbonyl (C=O) groups is 1. The van der Waals surface area contributed by atoms with Crippen molar-refractivity contribution in [3.63, 3.8) is 0 Å². The molecule has 3 aromatic rings. The number of rotatable bonds is 5. The molecule has 0 fully saturated rings.